The second-order valence-electron chi connectivity index (χ2n) is 6.74. The molecule has 1 amide bonds. The van der Waals surface area contributed by atoms with Crippen LogP contribution in [0.4, 0.5) is 5.69 Å². The lowest BCUT2D eigenvalue weighted by Crippen LogP contribution is -2.13. The minimum absolute atomic E-state index is 0.118. The summed E-state index contributed by atoms with van der Waals surface area (Å²) in [5, 5.41) is 6.32. The second kappa shape index (κ2) is 6.93. The summed E-state index contributed by atoms with van der Waals surface area (Å²) >= 11 is 1.76. The van der Waals surface area contributed by atoms with Gasteiger partial charge in [0.25, 0.3) is 0 Å². The van der Waals surface area contributed by atoms with Gasteiger partial charge >= 0.3 is 0 Å². The monoisotopic (exact) mass is 342 g/mol. The Labute approximate surface area is 146 Å². The summed E-state index contributed by atoms with van der Waals surface area (Å²) in [5.74, 6) is 1.75. The molecule has 4 rings (SSSR count). The molecule has 0 aliphatic heterocycles. The minimum Gasteiger partial charge on any atom is -0.487 e. The van der Waals surface area contributed by atoms with Crippen LogP contribution in [-0.2, 0) is 11.4 Å². The molecule has 1 aromatic heterocycles. The van der Waals surface area contributed by atoms with E-state index in [1.165, 1.54) is 30.7 Å². The number of amides is 1. The average Bonchev–Trinajstić information content (AvgIpc) is 3.10. The predicted molar refractivity (Wildman–Crippen MR) is 95.5 cm³/mol. The van der Waals surface area contributed by atoms with Gasteiger partial charge in [0, 0.05) is 29.0 Å². The van der Waals surface area contributed by atoms with Crippen molar-refractivity contribution in [3.05, 3.63) is 40.3 Å². The highest BCUT2D eigenvalue weighted by atomic mass is 32.1. The molecular formula is C19H22N2O2S. The van der Waals surface area contributed by atoms with Crippen LogP contribution in [0.1, 0.15) is 55.1 Å². The van der Waals surface area contributed by atoms with Crippen LogP contribution in [0.3, 0.4) is 0 Å². The Morgan fingerprint density at radius 2 is 2.08 bits per heavy atom. The smallest absolute Gasteiger partial charge is 0.227 e. The maximum absolute atomic E-state index is 11.8. The molecule has 1 heterocycles. The first-order chi connectivity index (χ1) is 11.8. The highest BCUT2D eigenvalue weighted by Gasteiger charge is 2.29. The van der Waals surface area contributed by atoms with E-state index in [0.717, 1.165) is 30.0 Å². The van der Waals surface area contributed by atoms with E-state index < -0.39 is 0 Å². The van der Waals surface area contributed by atoms with Crippen molar-refractivity contribution in [2.24, 2.45) is 5.92 Å². The molecule has 2 aromatic rings. The van der Waals surface area contributed by atoms with Crippen molar-refractivity contribution in [2.75, 3.05) is 5.32 Å². The fourth-order valence-electron chi connectivity index (χ4n) is 3.16. The third kappa shape index (κ3) is 3.78. The number of carbonyl (C=O) groups is 1. The number of hydrogen-bond donors (Lipinski definition) is 1. The summed E-state index contributed by atoms with van der Waals surface area (Å²) in [4.78, 5) is 16.6. The van der Waals surface area contributed by atoms with Gasteiger partial charge in [-0.15, -0.1) is 11.3 Å². The van der Waals surface area contributed by atoms with E-state index in [1.54, 1.807) is 11.3 Å². The summed E-state index contributed by atoms with van der Waals surface area (Å²) in [7, 11) is 0. The van der Waals surface area contributed by atoms with Crippen molar-refractivity contribution in [1.29, 1.82) is 0 Å². The van der Waals surface area contributed by atoms with Gasteiger partial charge in [-0.1, -0.05) is 18.9 Å². The Bertz CT molecular complexity index is 718. The van der Waals surface area contributed by atoms with E-state index in [4.69, 9.17) is 9.72 Å². The normalized spacial score (nSPS) is 17.8. The highest BCUT2D eigenvalue weighted by molar-refractivity contribution is 7.09. The van der Waals surface area contributed by atoms with Gasteiger partial charge in [-0.3, -0.25) is 4.79 Å². The lowest BCUT2D eigenvalue weighted by Gasteiger charge is -2.08. The average molecular weight is 342 g/mol. The van der Waals surface area contributed by atoms with E-state index in [9.17, 15) is 4.79 Å². The van der Waals surface area contributed by atoms with Gasteiger partial charge in [0.05, 0.1) is 10.7 Å². The van der Waals surface area contributed by atoms with Crippen molar-refractivity contribution >= 4 is 22.9 Å². The molecule has 1 aromatic carbocycles. The number of anilines is 1. The lowest BCUT2D eigenvalue weighted by atomic mass is 10.1. The summed E-state index contributed by atoms with van der Waals surface area (Å²) in [6, 6.07) is 7.60. The molecule has 5 heteroatoms. The van der Waals surface area contributed by atoms with E-state index in [-0.39, 0.29) is 11.8 Å². The minimum atomic E-state index is 0.118. The summed E-state index contributed by atoms with van der Waals surface area (Å²) in [6.07, 6.45) is 7.22. The SMILES string of the molecule is O=C(Nc1cccc(OCc2csc(C3CCCC3)n2)c1)C1CC1. The molecule has 0 bridgehead atoms. The highest BCUT2D eigenvalue weighted by Crippen LogP contribution is 2.35. The largest absolute Gasteiger partial charge is 0.487 e. The Morgan fingerprint density at radius 3 is 2.88 bits per heavy atom. The second-order valence-corrected chi connectivity index (χ2v) is 7.63. The van der Waals surface area contributed by atoms with Gasteiger partial charge in [0.1, 0.15) is 12.4 Å². The molecule has 4 nitrogen and oxygen atoms in total. The van der Waals surface area contributed by atoms with Crippen molar-refractivity contribution < 1.29 is 9.53 Å². The van der Waals surface area contributed by atoms with Crippen LogP contribution in [0, 0.1) is 5.92 Å². The number of rotatable bonds is 6. The Hall–Kier alpha value is -1.88. The van der Waals surface area contributed by atoms with Crippen LogP contribution in [0.25, 0.3) is 0 Å². The van der Waals surface area contributed by atoms with Gasteiger partial charge in [0.2, 0.25) is 5.91 Å². The number of aromatic nitrogens is 1. The molecule has 0 spiro atoms. The van der Waals surface area contributed by atoms with Crippen molar-refractivity contribution in [3.8, 4) is 5.75 Å². The maximum atomic E-state index is 11.8. The summed E-state index contributed by atoms with van der Waals surface area (Å²) in [6.45, 7) is 0.475. The number of thiazole rings is 1. The first-order valence-electron chi connectivity index (χ1n) is 8.76. The third-order valence-corrected chi connectivity index (χ3v) is 5.77. The van der Waals surface area contributed by atoms with Crippen molar-refractivity contribution in [2.45, 2.75) is 51.0 Å². The van der Waals surface area contributed by atoms with E-state index in [2.05, 4.69) is 10.7 Å². The molecule has 2 saturated carbocycles. The van der Waals surface area contributed by atoms with E-state index >= 15 is 0 Å². The van der Waals surface area contributed by atoms with Crippen molar-refractivity contribution in [1.82, 2.24) is 4.98 Å². The molecule has 2 fully saturated rings. The van der Waals surface area contributed by atoms with E-state index in [0.29, 0.717) is 12.5 Å². The zero-order chi connectivity index (χ0) is 16.4. The Morgan fingerprint density at radius 1 is 1.25 bits per heavy atom. The lowest BCUT2D eigenvalue weighted by molar-refractivity contribution is -0.117. The number of nitrogens with zero attached hydrogens (tertiary/aromatic N) is 1. The quantitative estimate of drug-likeness (QED) is 0.826. The molecular weight excluding hydrogens is 320 g/mol. The van der Waals surface area contributed by atoms with Gasteiger partial charge < -0.3 is 10.1 Å². The van der Waals surface area contributed by atoms with Crippen LogP contribution in [0.2, 0.25) is 0 Å². The number of carbonyl (C=O) groups excluding carboxylic acids is 1. The standard InChI is InChI=1S/C19H22N2O2S/c22-18(13-8-9-13)20-15-6-3-7-17(10-15)23-11-16-12-24-19(21-16)14-4-1-2-5-14/h3,6-7,10,12-14H,1-2,4-5,8-9,11H2,(H,20,22). The number of hydrogen-bond acceptors (Lipinski definition) is 4. The molecule has 0 unspecified atom stereocenters. The van der Waals surface area contributed by atoms with Crippen LogP contribution >= 0.6 is 11.3 Å². The first kappa shape index (κ1) is 15.6. The molecule has 0 atom stereocenters. The zero-order valence-electron chi connectivity index (χ0n) is 13.7. The summed E-state index contributed by atoms with van der Waals surface area (Å²) < 4.78 is 5.86. The number of benzene rings is 1. The molecule has 0 saturated heterocycles. The van der Waals surface area contributed by atoms with Gasteiger partial charge in [-0.2, -0.15) is 0 Å². The van der Waals surface area contributed by atoms with Crippen LogP contribution in [0.15, 0.2) is 29.6 Å². The molecule has 126 valence electrons. The fourth-order valence-corrected chi connectivity index (χ4v) is 4.14. The first-order valence-corrected chi connectivity index (χ1v) is 9.64. The van der Waals surface area contributed by atoms with Crippen LogP contribution < -0.4 is 10.1 Å². The number of nitrogens with one attached hydrogen (secondary N) is 1. The maximum Gasteiger partial charge on any atom is 0.227 e. The van der Waals surface area contributed by atoms with Gasteiger partial charge in [-0.25, -0.2) is 4.98 Å². The van der Waals surface area contributed by atoms with Crippen molar-refractivity contribution in [3.63, 3.8) is 0 Å². The topological polar surface area (TPSA) is 51.2 Å². The molecule has 1 N–H and O–H groups in total. The Kier molecular flexibility index (Phi) is 4.52. The van der Waals surface area contributed by atoms with Gasteiger partial charge in [-0.05, 0) is 37.8 Å². The van der Waals surface area contributed by atoms with Crippen LogP contribution in [-0.4, -0.2) is 10.9 Å². The van der Waals surface area contributed by atoms with E-state index in [1.807, 2.05) is 24.3 Å². The molecule has 24 heavy (non-hydrogen) atoms. The number of ether oxygens (including phenoxy) is 1. The van der Waals surface area contributed by atoms with Crippen LogP contribution in [0.5, 0.6) is 5.75 Å². The fraction of sp³-hybridized carbons (Fsp3) is 0.474. The molecule has 2 aliphatic carbocycles. The third-order valence-electron chi connectivity index (χ3n) is 4.71. The predicted octanol–water partition coefficient (Wildman–Crippen LogP) is 4.73. The molecule has 0 radical (unpaired) electrons. The van der Waals surface area contributed by atoms with Gasteiger partial charge in [0.15, 0.2) is 0 Å². The zero-order valence-corrected chi connectivity index (χ0v) is 14.5. The Balaban J connectivity index is 1.34. The summed E-state index contributed by atoms with van der Waals surface area (Å²) in [5.41, 5.74) is 1.80. The molecule has 2 aliphatic rings.